The third-order valence-corrected chi connectivity index (χ3v) is 7.12. The Bertz CT molecular complexity index is 1510. The summed E-state index contributed by atoms with van der Waals surface area (Å²) in [7, 11) is 1.62. The average Bonchev–Trinajstić information content (AvgIpc) is 2.91. The summed E-state index contributed by atoms with van der Waals surface area (Å²) in [5, 5.41) is 5.85. The number of hydrogen-bond donors (Lipinski definition) is 1. The molecule has 0 spiro atoms. The van der Waals surface area contributed by atoms with Gasteiger partial charge in [-0.25, -0.2) is 4.39 Å². The smallest absolute Gasteiger partial charge is 0.161 e. The van der Waals surface area contributed by atoms with Gasteiger partial charge in [-0.1, -0.05) is 48.5 Å². The molecule has 1 N–H and O–H groups in total. The molecule has 1 aliphatic heterocycles. The minimum absolute atomic E-state index is 0.197. The van der Waals surface area contributed by atoms with Crippen molar-refractivity contribution in [3.63, 3.8) is 0 Å². The Balaban J connectivity index is 1.44. The molecule has 0 saturated carbocycles. The van der Waals surface area contributed by atoms with E-state index in [-0.39, 0.29) is 17.5 Å². The molecule has 4 aromatic rings. The largest absolute Gasteiger partial charge is 0.493 e. The minimum atomic E-state index is -0.276. The zero-order valence-corrected chi connectivity index (χ0v) is 20.0. The number of ketones is 1. The quantitative estimate of drug-likeness (QED) is 0.331. The minimum Gasteiger partial charge on any atom is -0.493 e. The van der Waals surface area contributed by atoms with Gasteiger partial charge < -0.3 is 14.8 Å². The molecular weight excluding hydrogens is 453 g/mol. The van der Waals surface area contributed by atoms with E-state index in [4.69, 9.17) is 9.47 Å². The van der Waals surface area contributed by atoms with Gasteiger partial charge in [0.25, 0.3) is 0 Å². The molecule has 180 valence electrons. The van der Waals surface area contributed by atoms with Crippen molar-refractivity contribution in [2.75, 3.05) is 12.4 Å². The van der Waals surface area contributed by atoms with Gasteiger partial charge >= 0.3 is 0 Å². The Kier molecular flexibility index (Phi) is 5.68. The summed E-state index contributed by atoms with van der Waals surface area (Å²) in [4.78, 5) is 13.3. The van der Waals surface area contributed by atoms with E-state index in [9.17, 15) is 9.18 Å². The van der Waals surface area contributed by atoms with Gasteiger partial charge in [-0.2, -0.15) is 0 Å². The van der Waals surface area contributed by atoms with Crippen molar-refractivity contribution in [2.45, 2.75) is 31.8 Å². The fourth-order valence-corrected chi connectivity index (χ4v) is 5.41. The van der Waals surface area contributed by atoms with Gasteiger partial charge in [0, 0.05) is 29.3 Å². The van der Waals surface area contributed by atoms with E-state index in [1.54, 1.807) is 19.2 Å². The van der Waals surface area contributed by atoms with Crippen LogP contribution in [0.3, 0.4) is 0 Å². The molecule has 36 heavy (non-hydrogen) atoms. The molecule has 5 heteroatoms. The number of halogens is 1. The van der Waals surface area contributed by atoms with Crippen molar-refractivity contribution < 1.29 is 18.7 Å². The number of carbonyl (C=O) groups excluding carboxylic acids is 1. The Morgan fingerprint density at radius 3 is 2.61 bits per heavy atom. The molecule has 0 radical (unpaired) electrons. The first-order chi connectivity index (χ1) is 17.6. The Hall–Kier alpha value is -4.12. The van der Waals surface area contributed by atoms with Gasteiger partial charge in [0.1, 0.15) is 12.4 Å². The van der Waals surface area contributed by atoms with Crippen LogP contribution < -0.4 is 14.8 Å². The van der Waals surface area contributed by atoms with Crippen molar-refractivity contribution in [2.24, 2.45) is 0 Å². The SMILES string of the molecule is COc1cc(C2C3=C(CCCC3=O)Nc3ccc4ccccc4c32)ccc1OCc1ccc(F)cc1. The zero-order valence-electron chi connectivity index (χ0n) is 20.0. The van der Waals surface area contributed by atoms with E-state index in [1.165, 1.54) is 12.1 Å². The normalized spacial score (nSPS) is 16.8. The maximum Gasteiger partial charge on any atom is 0.161 e. The number of hydrogen-bond acceptors (Lipinski definition) is 4. The van der Waals surface area contributed by atoms with Crippen molar-refractivity contribution >= 4 is 22.2 Å². The topological polar surface area (TPSA) is 47.6 Å². The van der Waals surface area contributed by atoms with E-state index in [1.807, 2.05) is 30.3 Å². The second-order valence-corrected chi connectivity index (χ2v) is 9.30. The molecule has 0 fully saturated rings. The van der Waals surface area contributed by atoms with E-state index >= 15 is 0 Å². The van der Waals surface area contributed by atoms with E-state index in [2.05, 4.69) is 29.6 Å². The van der Waals surface area contributed by atoms with Gasteiger partial charge in [-0.3, -0.25) is 4.79 Å². The lowest BCUT2D eigenvalue weighted by Gasteiger charge is -2.35. The Morgan fingerprint density at radius 2 is 1.78 bits per heavy atom. The number of ether oxygens (including phenoxy) is 2. The molecule has 0 amide bonds. The second-order valence-electron chi connectivity index (χ2n) is 9.30. The molecule has 0 bridgehead atoms. The maximum absolute atomic E-state index is 13.3. The van der Waals surface area contributed by atoms with E-state index in [0.717, 1.165) is 57.3 Å². The third kappa shape index (κ3) is 3.91. The molecule has 1 atom stereocenters. The number of rotatable bonds is 5. The lowest BCUT2D eigenvalue weighted by molar-refractivity contribution is -0.116. The number of methoxy groups -OCH3 is 1. The van der Waals surface area contributed by atoms with Crippen LogP contribution in [0.15, 0.2) is 90.1 Å². The third-order valence-electron chi connectivity index (χ3n) is 7.12. The van der Waals surface area contributed by atoms with Crippen LogP contribution in [0.4, 0.5) is 10.1 Å². The number of anilines is 1. The van der Waals surface area contributed by atoms with Gasteiger partial charge in [-0.15, -0.1) is 0 Å². The van der Waals surface area contributed by atoms with Crippen LogP contribution >= 0.6 is 0 Å². The summed E-state index contributed by atoms with van der Waals surface area (Å²) in [5.74, 6) is 0.918. The van der Waals surface area contributed by atoms with Crippen LogP contribution in [0.1, 0.15) is 41.9 Å². The first-order valence-electron chi connectivity index (χ1n) is 12.2. The average molecular weight is 480 g/mol. The highest BCUT2D eigenvalue weighted by Crippen LogP contribution is 2.49. The summed E-state index contributed by atoms with van der Waals surface area (Å²) in [5.41, 5.74) is 5.89. The number of allylic oxidation sites excluding steroid dienone is 2. The monoisotopic (exact) mass is 479 g/mol. The van der Waals surface area contributed by atoms with Crippen molar-refractivity contribution in [1.29, 1.82) is 0 Å². The molecular formula is C31H26FNO3. The highest BCUT2D eigenvalue weighted by molar-refractivity contribution is 6.04. The number of carbonyl (C=O) groups is 1. The maximum atomic E-state index is 13.3. The summed E-state index contributed by atoms with van der Waals surface area (Å²) in [6.07, 6.45) is 2.28. The summed E-state index contributed by atoms with van der Waals surface area (Å²) >= 11 is 0. The van der Waals surface area contributed by atoms with E-state index in [0.29, 0.717) is 24.5 Å². The van der Waals surface area contributed by atoms with Gasteiger partial charge in [0.05, 0.1) is 7.11 Å². The Morgan fingerprint density at radius 1 is 0.944 bits per heavy atom. The fraction of sp³-hybridized carbons (Fsp3) is 0.194. The van der Waals surface area contributed by atoms with Gasteiger partial charge in [0.2, 0.25) is 0 Å². The first-order valence-corrected chi connectivity index (χ1v) is 12.2. The molecule has 6 rings (SSSR count). The number of nitrogens with one attached hydrogen (secondary N) is 1. The van der Waals surface area contributed by atoms with Crippen LogP contribution in [0, 0.1) is 5.82 Å². The van der Waals surface area contributed by atoms with Crippen LogP contribution in [0.25, 0.3) is 10.8 Å². The first kappa shape index (κ1) is 22.4. The molecule has 4 nitrogen and oxygen atoms in total. The van der Waals surface area contributed by atoms with Gasteiger partial charge in [0.15, 0.2) is 17.3 Å². The molecule has 1 heterocycles. The summed E-state index contributed by atoms with van der Waals surface area (Å²) < 4.78 is 25.0. The summed E-state index contributed by atoms with van der Waals surface area (Å²) in [6, 6.07) is 24.7. The predicted molar refractivity (Wildman–Crippen MR) is 139 cm³/mol. The van der Waals surface area contributed by atoms with Gasteiger partial charge in [-0.05, 0) is 70.6 Å². The van der Waals surface area contributed by atoms with E-state index < -0.39 is 0 Å². The zero-order chi connectivity index (χ0) is 24.6. The fourth-order valence-electron chi connectivity index (χ4n) is 5.41. The number of Topliss-reactive ketones (excluding diaryl/α,β-unsaturated/α-hetero) is 1. The summed E-state index contributed by atoms with van der Waals surface area (Å²) in [6.45, 7) is 0.296. The molecule has 0 saturated heterocycles. The van der Waals surface area contributed by atoms with Crippen LogP contribution in [0.5, 0.6) is 11.5 Å². The predicted octanol–water partition coefficient (Wildman–Crippen LogP) is 7.13. The molecule has 4 aromatic carbocycles. The van der Waals surface area contributed by atoms with Crippen molar-refractivity contribution in [3.05, 3.63) is 113 Å². The lowest BCUT2D eigenvalue weighted by Crippen LogP contribution is -2.27. The number of fused-ring (bicyclic) bond motifs is 3. The van der Waals surface area contributed by atoms with Crippen LogP contribution in [-0.4, -0.2) is 12.9 Å². The standard InChI is InChI=1S/C31H26FNO3/c1-35-28-17-21(12-16-27(28)36-18-19-9-13-22(32)14-10-19)29-30-23-6-3-2-5-20(23)11-15-25(30)33-24-7-4-8-26(34)31(24)29/h2-3,5-6,9-17,29,33H,4,7-8,18H2,1H3. The van der Waals surface area contributed by atoms with Crippen LogP contribution in [0.2, 0.25) is 0 Å². The second kappa shape index (κ2) is 9.15. The lowest BCUT2D eigenvalue weighted by atomic mass is 9.74. The molecule has 2 aliphatic rings. The highest BCUT2D eigenvalue weighted by atomic mass is 19.1. The number of benzene rings is 4. The highest BCUT2D eigenvalue weighted by Gasteiger charge is 2.36. The van der Waals surface area contributed by atoms with Crippen molar-refractivity contribution in [3.8, 4) is 11.5 Å². The Labute approximate surface area is 209 Å². The molecule has 0 aromatic heterocycles. The molecule has 1 unspecified atom stereocenters. The van der Waals surface area contributed by atoms with Crippen molar-refractivity contribution in [1.82, 2.24) is 0 Å². The molecule has 1 aliphatic carbocycles. The van der Waals surface area contributed by atoms with Crippen LogP contribution in [-0.2, 0) is 11.4 Å².